The lowest BCUT2D eigenvalue weighted by Gasteiger charge is -2.24. The Kier molecular flexibility index (Phi) is 10.4. The van der Waals surface area contributed by atoms with Gasteiger partial charge in [-0.1, -0.05) is 18.2 Å². The Hall–Kier alpha value is -4.53. The van der Waals surface area contributed by atoms with Crippen LogP contribution in [0, 0.1) is 36.1 Å². The lowest BCUT2D eigenvalue weighted by Crippen LogP contribution is -2.50. The number of aryl methyl sites for hydroxylation is 1. The normalized spacial score (nSPS) is 15.8. The minimum absolute atomic E-state index is 0.0280. The maximum atomic E-state index is 13.8. The molecule has 1 aliphatic heterocycles. The summed E-state index contributed by atoms with van der Waals surface area (Å²) in [6, 6.07) is 4.87. The third-order valence-corrected chi connectivity index (χ3v) is 6.03. The molecular weight excluding hydrogens is 558 g/mol. The topological polar surface area (TPSA) is 151 Å². The number of ether oxygens (including phenoxy) is 2. The first-order valence-electron chi connectivity index (χ1n) is 12.1. The predicted molar refractivity (Wildman–Crippen MR) is 132 cm³/mol. The zero-order chi connectivity index (χ0) is 30.3. The number of benzene rings is 2. The summed E-state index contributed by atoms with van der Waals surface area (Å²) in [5.74, 6) is -15.7. The molecule has 41 heavy (non-hydrogen) atoms. The van der Waals surface area contributed by atoms with Crippen molar-refractivity contribution in [3.05, 3.63) is 59.2 Å². The molecule has 0 aliphatic carbocycles. The maximum Gasteiger partial charge on any atom is 0.313 e. The fourth-order valence-electron chi connectivity index (χ4n) is 3.82. The van der Waals surface area contributed by atoms with Crippen molar-refractivity contribution in [2.75, 3.05) is 38.2 Å². The van der Waals surface area contributed by atoms with E-state index in [9.17, 15) is 46.6 Å². The lowest BCUT2D eigenvalue weighted by atomic mass is 10.1. The number of carbonyl (C=O) groups excluding carboxylic acids is 4. The van der Waals surface area contributed by atoms with E-state index in [-0.39, 0.29) is 32.4 Å². The van der Waals surface area contributed by atoms with E-state index in [0.717, 1.165) is 4.90 Å². The number of Topliss-reactive ketones (excluding diaryl/α,β-unsaturated/α-hetero) is 1. The molecule has 1 heterocycles. The van der Waals surface area contributed by atoms with Crippen molar-refractivity contribution in [3.8, 4) is 5.75 Å². The van der Waals surface area contributed by atoms with Gasteiger partial charge in [-0.2, -0.15) is 8.78 Å². The van der Waals surface area contributed by atoms with E-state index in [2.05, 4.69) is 15.4 Å². The number of halogens is 4. The van der Waals surface area contributed by atoms with Crippen LogP contribution in [0.3, 0.4) is 0 Å². The van der Waals surface area contributed by atoms with Crippen molar-refractivity contribution in [2.45, 2.75) is 19.4 Å². The molecule has 0 bridgehead atoms. The largest absolute Gasteiger partial charge is 0.481 e. The Morgan fingerprint density at radius 1 is 1.10 bits per heavy atom. The van der Waals surface area contributed by atoms with Gasteiger partial charge in [-0.15, -0.1) is 0 Å². The lowest BCUT2D eigenvalue weighted by molar-refractivity contribution is -0.144. The van der Waals surface area contributed by atoms with E-state index in [0.29, 0.717) is 11.3 Å². The molecular formula is C26H25F4N3O8. The molecule has 0 radical (unpaired) electrons. The summed E-state index contributed by atoms with van der Waals surface area (Å²) >= 11 is 0. The summed E-state index contributed by atoms with van der Waals surface area (Å²) in [4.78, 5) is 63.3. The van der Waals surface area contributed by atoms with Gasteiger partial charge in [0.05, 0.1) is 25.6 Å². The minimum Gasteiger partial charge on any atom is -0.481 e. The fraction of sp³-hybridized carbons (Fsp3) is 0.346. The number of nitrogens with zero attached hydrogens (tertiary/aromatic N) is 1. The number of hydrogen-bond acceptors (Lipinski definition) is 7. The molecule has 0 aromatic heterocycles. The molecule has 3 N–H and O–H groups in total. The van der Waals surface area contributed by atoms with Crippen molar-refractivity contribution in [3.63, 3.8) is 0 Å². The van der Waals surface area contributed by atoms with Crippen LogP contribution in [-0.2, 0) is 28.7 Å². The number of anilines is 1. The van der Waals surface area contributed by atoms with Gasteiger partial charge in [-0.3, -0.25) is 24.0 Å². The predicted octanol–water partition coefficient (Wildman–Crippen LogP) is 1.57. The van der Waals surface area contributed by atoms with Crippen molar-refractivity contribution in [1.82, 2.24) is 10.2 Å². The number of carboxylic acids is 1. The average molecular weight is 583 g/mol. The van der Waals surface area contributed by atoms with Crippen LogP contribution in [0.15, 0.2) is 30.3 Å². The summed E-state index contributed by atoms with van der Waals surface area (Å²) < 4.78 is 64.4. The zero-order valence-electron chi connectivity index (χ0n) is 21.5. The fourth-order valence-corrected chi connectivity index (χ4v) is 3.82. The Bertz CT molecular complexity index is 1330. The molecule has 1 aliphatic rings. The molecule has 2 aromatic carbocycles. The van der Waals surface area contributed by atoms with Crippen LogP contribution in [0.25, 0.3) is 0 Å². The smallest absolute Gasteiger partial charge is 0.313 e. The van der Waals surface area contributed by atoms with E-state index >= 15 is 0 Å². The van der Waals surface area contributed by atoms with Crippen LogP contribution >= 0.6 is 0 Å². The van der Waals surface area contributed by atoms with Crippen molar-refractivity contribution in [2.24, 2.45) is 5.92 Å². The Labute approximate surface area is 230 Å². The summed E-state index contributed by atoms with van der Waals surface area (Å²) in [6.45, 7) is -0.173. The first-order chi connectivity index (χ1) is 19.4. The highest BCUT2D eigenvalue weighted by molar-refractivity contribution is 6.39. The second-order valence-corrected chi connectivity index (χ2v) is 9.00. The van der Waals surface area contributed by atoms with Gasteiger partial charge in [0.15, 0.2) is 23.2 Å². The number of carbonyl (C=O) groups is 5. The minimum atomic E-state index is -1.91. The Morgan fingerprint density at radius 3 is 2.39 bits per heavy atom. The van der Waals surface area contributed by atoms with Crippen LogP contribution in [0.2, 0.25) is 0 Å². The second-order valence-electron chi connectivity index (χ2n) is 9.00. The number of rotatable bonds is 9. The van der Waals surface area contributed by atoms with E-state index < -0.39 is 83.5 Å². The number of amides is 3. The number of carboxylic acid groups (broad SMARTS) is 1. The van der Waals surface area contributed by atoms with Gasteiger partial charge in [0.2, 0.25) is 17.5 Å². The summed E-state index contributed by atoms with van der Waals surface area (Å²) in [7, 11) is 0. The van der Waals surface area contributed by atoms with E-state index in [4.69, 9.17) is 4.74 Å². The molecule has 0 saturated carbocycles. The molecule has 2 aromatic rings. The average Bonchev–Trinajstić information content (AvgIpc) is 3.18. The van der Waals surface area contributed by atoms with Crippen LogP contribution < -0.4 is 15.4 Å². The highest BCUT2D eigenvalue weighted by Gasteiger charge is 2.33. The van der Waals surface area contributed by atoms with Gasteiger partial charge in [0.1, 0.15) is 12.6 Å². The summed E-state index contributed by atoms with van der Waals surface area (Å²) in [5, 5.41) is 13.8. The molecule has 0 spiro atoms. The molecule has 15 heteroatoms. The Balaban J connectivity index is 1.67. The van der Waals surface area contributed by atoms with Crippen LogP contribution in [0.4, 0.5) is 23.2 Å². The number of para-hydroxylation sites is 1. The highest BCUT2D eigenvalue weighted by Crippen LogP contribution is 2.26. The summed E-state index contributed by atoms with van der Waals surface area (Å²) in [6.07, 6.45) is -0.981. The number of hydrogen-bond donors (Lipinski definition) is 3. The molecule has 1 saturated heterocycles. The molecule has 11 nitrogen and oxygen atoms in total. The van der Waals surface area contributed by atoms with Gasteiger partial charge in [-0.25, -0.2) is 8.78 Å². The monoisotopic (exact) mass is 583 g/mol. The van der Waals surface area contributed by atoms with Gasteiger partial charge >= 0.3 is 17.8 Å². The molecule has 3 rings (SSSR count). The molecule has 220 valence electrons. The highest BCUT2D eigenvalue weighted by atomic mass is 19.2. The number of ketones is 1. The molecule has 0 unspecified atom stereocenters. The Morgan fingerprint density at radius 2 is 1.76 bits per heavy atom. The first-order valence-corrected chi connectivity index (χ1v) is 12.1. The third-order valence-electron chi connectivity index (χ3n) is 6.03. The van der Waals surface area contributed by atoms with Crippen molar-refractivity contribution < 1.29 is 56.1 Å². The van der Waals surface area contributed by atoms with Crippen LogP contribution in [0.1, 0.15) is 12.0 Å². The molecule has 1 fully saturated rings. The van der Waals surface area contributed by atoms with Crippen LogP contribution in [-0.4, -0.2) is 78.4 Å². The van der Waals surface area contributed by atoms with E-state index in [1.165, 1.54) is 0 Å². The SMILES string of the molecule is Cc1ccccc1NC(=O)C(=O)N1CCOC[C@@H](C(=O)N[C@@H](CC(=O)O)C(=O)COc2c(F)c(F)cc(F)c2F)C1. The third kappa shape index (κ3) is 8.00. The zero-order valence-corrected chi connectivity index (χ0v) is 21.5. The van der Waals surface area contributed by atoms with Gasteiger partial charge in [0.25, 0.3) is 0 Å². The summed E-state index contributed by atoms with van der Waals surface area (Å²) in [5.41, 5.74) is 1.11. The molecule has 2 atom stereocenters. The number of aliphatic carboxylic acids is 1. The van der Waals surface area contributed by atoms with Gasteiger partial charge < -0.3 is 30.1 Å². The number of nitrogens with one attached hydrogen (secondary N) is 2. The van der Waals surface area contributed by atoms with Gasteiger partial charge in [0, 0.05) is 24.8 Å². The van der Waals surface area contributed by atoms with Crippen molar-refractivity contribution >= 4 is 35.2 Å². The maximum absolute atomic E-state index is 13.8. The van der Waals surface area contributed by atoms with Gasteiger partial charge in [-0.05, 0) is 18.6 Å². The van der Waals surface area contributed by atoms with Crippen molar-refractivity contribution in [1.29, 1.82) is 0 Å². The molecule has 3 amide bonds. The van der Waals surface area contributed by atoms with E-state index in [1.54, 1.807) is 31.2 Å². The van der Waals surface area contributed by atoms with E-state index in [1.807, 2.05) is 0 Å². The first kappa shape index (κ1) is 31.0. The quantitative estimate of drug-likeness (QED) is 0.229. The van der Waals surface area contributed by atoms with Crippen LogP contribution in [0.5, 0.6) is 5.75 Å². The second kappa shape index (κ2) is 13.7. The standard InChI is InChI=1S/C26H25F4N3O8/c1-13-4-2-3-5-17(13)31-25(38)26(39)33-6-7-40-11-14(10-33)24(37)32-18(9-20(35)36)19(34)12-41-23-21(29)15(27)8-16(28)22(23)30/h2-5,8,14,18H,6-7,9-12H2,1H3,(H,31,38)(H,32,37)(H,35,36)/t14-,18-/m0/s1.